The van der Waals surface area contributed by atoms with Gasteiger partial charge in [0, 0.05) is 13.6 Å². The van der Waals surface area contributed by atoms with E-state index in [1.807, 2.05) is 55.5 Å². The molecule has 0 spiro atoms. The number of nitrogens with one attached hydrogen (secondary N) is 1. The quantitative estimate of drug-likeness (QED) is 0.660. The van der Waals surface area contributed by atoms with Crippen molar-refractivity contribution in [3.8, 4) is 11.5 Å². The topological polar surface area (TPSA) is 67.9 Å². The largest absolute Gasteiger partial charge is 0.497 e. The number of likely N-dealkylation sites (N-methyl/N-ethyl adjacent to an activating group) is 1. The van der Waals surface area contributed by atoms with E-state index >= 15 is 0 Å². The number of methoxy groups -OCH3 is 1. The molecular weight excluding hydrogens is 392 g/mol. The maximum Gasteiger partial charge on any atom is 0.261 e. The van der Waals surface area contributed by atoms with Crippen LogP contribution < -0.4 is 14.8 Å². The van der Waals surface area contributed by atoms with Crippen molar-refractivity contribution in [3.63, 3.8) is 0 Å². The Morgan fingerprint density at radius 3 is 2.42 bits per heavy atom. The molecule has 31 heavy (non-hydrogen) atoms. The number of rotatable bonds is 9. The zero-order chi connectivity index (χ0) is 23.0. The number of amides is 2. The molecule has 6 heteroatoms. The normalized spacial score (nSPS) is 12.1. The minimum Gasteiger partial charge on any atom is -0.497 e. The van der Waals surface area contributed by atoms with Gasteiger partial charge in [-0.05, 0) is 41.2 Å². The van der Waals surface area contributed by atoms with E-state index in [0.717, 1.165) is 11.1 Å². The molecule has 1 N–H and O–H groups in total. The molecule has 2 rings (SSSR count). The Morgan fingerprint density at radius 1 is 1.10 bits per heavy atom. The summed E-state index contributed by atoms with van der Waals surface area (Å²) in [6.45, 7) is 8.33. The van der Waals surface area contributed by atoms with Crippen LogP contribution in [0.3, 0.4) is 0 Å². The second-order valence-electron chi connectivity index (χ2n) is 8.45. The van der Waals surface area contributed by atoms with Crippen molar-refractivity contribution < 1.29 is 19.1 Å². The molecule has 0 saturated heterocycles. The Bertz CT molecular complexity index is 889. The van der Waals surface area contributed by atoms with Crippen LogP contribution in [0.2, 0.25) is 0 Å². The van der Waals surface area contributed by atoms with Gasteiger partial charge in [-0.3, -0.25) is 9.59 Å². The van der Waals surface area contributed by atoms with Crippen LogP contribution in [0.4, 0.5) is 0 Å². The van der Waals surface area contributed by atoms with E-state index in [1.165, 1.54) is 0 Å². The third kappa shape index (κ3) is 6.48. The molecule has 1 atom stereocenters. The summed E-state index contributed by atoms with van der Waals surface area (Å²) in [6.07, 6.45) is 0.494. The van der Waals surface area contributed by atoms with E-state index in [4.69, 9.17) is 9.47 Å². The zero-order valence-corrected chi connectivity index (χ0v) is 19.4. The third-order valence-corrected chi connectivity index (χ3v) is 5.17. The third-order valence-electron chi connectivity index (χ3n) is 5.17. The van der Waals surface area contributed by atoms with Crippen molar-refractivity contribution in [2.75, 3.05) is 20.8 Å². The molecule has 2 amide bonds. The van der Waals surface area contributed by atoms with Gasteiger partial charge in [0.15, 0.2) is 6.61 Å². The maximum absolute atomic E-state index is 13.2. The summed E-state index contributed by atoms with van der Waals surface area (Å²) in [5, 5.41) is 2.66. The molecule has 2 aromatic rings. The van der Waals surface area contributed by atoms with Crippen molar-refractivity contribution >= 4 is 11.8 Å². The fourth-order valence-electron chi connectivity index (χ4n) is 3.49. The highest BCUT2D eigenvalue weighted by Crippen LogP contribution is 2.31. The number of ether oxygens (including phenoxy) is 2. The van der Waals surface area contributed by atoms with Crippen LogP contribution >= 0.6 is 0 Å². The summed E-state index contributed by atoms with van der Waals surface area (Å²) in [4.78, 5) is 27.3. The van der Waals surface area contributed by atoms with Crippen LogP contribution in [-0.4, -0.2) is 43.5 Å². The highest BCUT2D eigenvalue weighted by atomic mass is 16.5. The first-order valence-electron chi connectivity index (χ1n) is 10.6. The number of hydrogen-bond acceptors (Lipinski definition) is 4. The molecule has 0 aliphatic rings. The van der Waals surface area contributed by atoms with E-state index in [0.29, 0.717) is 17.9 Å². The van der Waals surface area contributed by atoms with E-state index in [2.05, 4.69) is 26.1 Å². The number of nitrogens with zero attached hydrogens (tertiary/aromatic N) is 1. The lowest BCUT2D eigenvalue weighted by atomic mass is 9.86. The fraction of sp³-hybridized carbons (Fsp3) is 0.440. The van der Waals surface area contributed by atoms with Gasteiger partial charge in [0.2, 0.25) is 5.91 Å². The Morgan fingerprint density at radius 2 is 1.81 bits per heavy atom. The molecule has 0 heterocycles. The molecule has 0 bridgehead atoms. The molecule has 0 fully saturated rings. The highest BCUT2D eigenvalue weighted by Gasteiger charge is 2.29. The monoisotopic (exact) mass is 426 g/mol. The van der Waals surface area contributed by atoms with Gasteiger partial charge in [-0.15, -0.1) is 0 Å². The van der Waals surface area contributed by atoms with Gasteiger partial charge < -0.3 is 19.7 Å². The van der Waals surface area contributed by atoms with Crippen LogP contribution in [-0.2, 0) is 21.5 Å². The highest BCUT2D eigenvalue weighted by molar-refractivity contribution is 5.88. The number of benzene rings is 2. The average molecular weight is 427 g/mol. The molecule has 6 nitrogen and oxygen atoms in total. The van der Waals surface area contributed by atoms with Crippen LogP contribution in [0.1, 0.15) is 45.2 Å². The van der Waals surface area contributed by atoms with Gasteiger partial charge in [0.05, 0.1) is 7.11 Å². The van der Waals surface area contributed by atoms with Gasteiger partial charge in [0.25, 0.3) is 5.91 Å². The smallest absolute Gasteiger partial charge is 0.261 e. The minimum absolute atomic E-state index is 0.117. The summed E-state index contributed by atoms with van der Waals surface area (Å²) in [6, 6.07) is 14.6. The second kappa shape index (κ2) is 10.8. The van der Waals surface area contributed by atoms with Crippen LogP contribution in [0.25, 0.3) is 0 Å². The van der Waals surface area contributed by atoms with E-state index in [-0.39, 0.29) is 30.4 Å². The SMILES string of the molecule is CC[C@H](C(=O)NC)N(Cc1cccc(OC)c1)C(=O)COc1ccccc1C(C)(C)C. The lowest BCUT2D eigenvalue weighted by molar-refractivity contribution is -0.142. The molecular formula is C25H34N2O4. The molecule has 168 valence electrons. The maximum atomic E-state index is 13.2. The van der Waals surface area contributed by atoms with Crippen molar-refractivity contribution in [2.45, 2.75) is 52.1 Å². The van der Waals surface area contributed by atoms with E-state index in [1.54, 1.807) is 19.1 Å². The summed E-state index contributed by atoms with van der Waals surface area (Å²) < 4.78 is 11.2. The standard InChI is InChI=1S/C25H34N2O4/c1-7-21(24(29)26-5)27(16-18-11-10-12-19(15-18)30-6)23(28)17-31-22-14-9-8-13-20(22)25(2,3)4/h8-15,21H,7,16-17H2,1-6H3,(H,26,29)/t21-/m1/s1. The summed E-state index contributed by atoms with van der Waals surface area (Å²) >= 11 is 0. The Hall–Kier alpha value is -3.02. The van der Waals surface area contributed by atoms with Crippen LogP contribution in [0.5, 0.6) is 11.5 Å². The van der Waals surface area contributed by atoms with Gasteiger partial charge in [0.1, 0.15) is 17.5 Å². The first-order chi connectivity index (χ1) is 14.7. The van der Waals surface area contributed by atoms with E-state index < -0.39 is 6.04 Å². The molecule has 0 radical (unpaired) electrons. The lowest BCUT2D eigenvalue weighted by Crippen LogP contribution is -2.49. The number of hydrogen-bond donors (Lipinski definition) is 1. The molecule has 0 saturated carbocycles. The number of carbonyl (C=O) groups is 2. The second-order valence-corrected chi connectivity index (χ2v) is 8.45. The first kappa shape index (κ1) is 24.3. The predicted molar refractivity (Wildman–Crippen MR) is 122 cm³/mol. The Labute approximate surface area is 185 Å². The lowest BCUT2D eigenvalue weighted by Gasteiger charge is -2.30. The van der Waals surface area contributed by atoms with Gasteiger partial charge >= 0.3 is 0 Å². The molecule has 0 unspecified atom stereocenters. The molecule has 0 aromatic heterocycles. The predicted octanol–water partition coefficient (Wildman–Crippen LogP) is 3.92. The number of carbonyl (C=O) groups excluding carboxylic acids is 2. The number of para-hydroxylation sites is 1. The Kier molecular flexibility index (Phi) is 8.48. The summed E-state index contributed by atoms with van der Waals surface area (Å²) in [5.41, 5.74) is 1.79. The van der Waals surface area contributed by atoms with Crippen molar-refractivity contribution in [1.29, 1.82) is 0 Å². The molecule has 0 aliphatic heterocycles. The van der Waals surface area contributed by atoms with Gasteiger partial charge in [-0.1, -0.05) is 58.0 Å². The fourth-order valence-corrected chi connectivity index (χ4v) is 3.49. The molecule has 2 aromatic carbocycles. The summed E-state index contributed by atoms with van der Waals surface area (Å²) in [7, 11) is 3.18. The van der Waals surface area contributed by atoms with Crippen LogP contribution in [0.15, 0.2) is 48.5 Å². The van der Waals surface area contributed by atoms with Crippen molar-refractivity contribution in [3.05, 3.63) is 59.7 Å². The van der Waals surface area contributed by atoms with E-state index in [9.17, 15) is 9.59 Å². The van der Waals surface area contributed by atoms with Crippen molar-refractivity contribution in [2.24, 2.45) is 0 Å². The van der Waals surface area contributed by atoms with Crippen molar-refractivity contribution in [1.82, 2.24) is 10.2 Å². The van der Waals surface area contributed by atoms with Gasteiger partial charge in [-0.25, -0.2) is 0 Å². The minimum atomic E-state index is -0.592. The average Bonchev–Trinajstić information content (AvgIpc) is 2.76. The first-order valence-corrected chi connectivity index (χ1v) is 10.6. The van der Waals surface area contributed by atoms with Gasteiger partial charge in [-0.2, -0.15) is 0 Å². The zero-order valence-electron chi connectivity index (χ0n) is 19.4. The van der Waals surface area contributed by atoms with Crippen LogP contribution in [0, 0.1) is 0 Å². The summed E-state index contributed by atoms with van der Waals surface area (Å²) in [5.74, 6) is 0.932. The molecule has 0 aliphatic carbocycles. The Balaban J connectivity index is 2.27.